The molecule has 2 saturated heterocycles. The molecule has 5 rings (SSSR count). The number of carboxylic acid groups (broad SMARTS) is 1. The van der Waals surface area contributed by atoms with Crippen LogP contribution in [0.4, 0.5) is 5.69 Å². The van der Waals surface area contributed by atoms with Crippen molar-refractivity contribution in [1.82, 2.24) is 0 Å². The average Bonchev–Trinajstić information content (AvgIpc) is 3.30. The molecule has 0 unspecified atom stereocenters. The normalized spacial score (nSPS) is 32.9. The molecule has 3 aliphatic heterocycles. The van der Waals surface area contributed by atoms with E-state index < -0.39 is 29.5 Å². The fraction of sp³-hybridized carbons (Fsp3) is 0.304. The highest BCUT2D eigenvalue weighted by Crippen LogP contribution is 2.57. The van der Waals surface area contributed by atoms with Gasteiger partial charge in [0.2, 0.25) is 5.91 Å². The number of fused-ring (bicyclic) bond motifs is 2. The molecule has 1 N–H and O–H groups in total. The summed E-state index contributed by atoms with van der Waals surface area (Å²) in [6.07, 6.45) is 3.72. The highest BCUT2D eigenvalue weighted by atomic mass is 16.5. The van der Waals surface area contributed by atoms with Crippen LogP contribution in [0.3, 0.4) is 0 Å². The summed E-state index contributed by atoms with van der Waals surface area (Å²) in [6, 6.07) is 13.4. The maximum absolute atomic E-state index is 13.6. The minimum absolute atomic E-state index is 0.179. The first-order chi connectivity index (χ1) is 13.4. The van der Waals surface area contributed by atoms with E-state index in [0.29, 0.717) is 6.42 Å². The van der Waals surface area contributed by atoms with Gasteiger partial charge < -0.3 is 14.7 Å². The van der Waals surface area contributed by atoms with Gasteiger partial charge >= 0.3 is 5.97 Å². The van der Waals surface area contributed by atoms with Crippen LogP contribution in [0.1, 0.15) is 13.3 Å². The first kappa shape index (κ1) is 17.2. The van der Waals surface area contributed by atoms with Crippen molar-refractivity contribution in [3.05, 3.63) is 66.8 Å². The van der Waals surface area contributed by atoms with Crippen molar-refractivity contribution >= 4 is 28.3 Å². The second-order valence-corrected chi connectivity index (χ2v) is 8.02. The van der Waals surface area contributed by atoms with E-state index in [1.807, 2.05) is 55.5 Å². The third kappa shape index (κ3) is 2.11. The quantitative estimate of drug-likeness (QED) is 0.830. The van der Waals surface area contributed by atoms with Gasteiger partial charge in [-0.15, -0.1) is 6.58 Å². The summed E-state index contributed by atoms with van der Waals surface area (Å²) in [5, 5.41) is 11.8. The Hall–Kier alpha value is -2.92. The van der Waals surface area contributed by atoms with Crippen LogP contribution in [0.25, 0.3) is 10.8 Å². The number of hydrogen-bond acceptors (Lipinski definition) is 3. The van der Waals surface area contributed by atoms with Crippen LogP contribution in [0.5, 0.6) is 0 Å². The first-order valence-electron chi connectivity index (χ1n) is 9.49. The van der Waals surface area contributed by atoms with Crippen molar-refractivity contribution in [3.8, 4) is 0 Å². The van der Waals surface area contributed by atoms with Gasteiger partial charge in [0.25, 0.3) is 0 Å². The molecule has 5 nitrogen and oxygen atoms in total. The van der Waals surface area contributed by atoms with Crippen LogP contribution < -0.4 is 4.90 Å². The summed E-state index contributed by atoms with van der Waals surface area (Å²) >= 11 is 0. The second kappa shape index (κ2) is 5.79. The number of benzene rings is 2. The predicted molar refractivity (Wildman–Crippen MR) is 106 cm³/mol. The Morgan fingerprint density at radius 1 is 1.25 bits per heavy atom. The lowest BCUT2D eigenvalue weighted by atomic mass is 9.74. The van der Waals surface area contributed by atoms with Gasteiger partial charge in [-0.25, -0.2) is 0 Å². The Bertz CT molecular complexity index is 1050. The third-order valence-corrected chi connectivity index (χ3v) is 6.27. The number of rotatable bonds is 4. The van der Waals surface area contributed by atoms with Gasteiger partial charge in [0.1, 0.15) is 11.5 Å². The van der Waals surface area contributed by atoms with Crippen molar-refractivity contribution in [2.75, 3.05) is 4.90 Å². The molecule has 0 aliphatic carbocycles. The van der Waals surface area contributed by atoms with E-state index in [0.717, 1.165) is 22.0 Å². The lowest BCUT2D eigenvalue weighted by molar-refractivity contribution is -0.146. The molecule has 1 spiro atoms. The highest BCUT2D eigenvalue weighted by Gasteiger charge is 2.71. The van der Waals surface area contributed by atoms with Gasteiger partial charge in [-0.1, -0.05) is 54.1 Å². The number of ether oxygens (including phenoxy) is 1. The van der Waals surface area contributed by atoms with Crippen LogP contribution >= 0.6 is 0 Å². The summed E-state index contributed by atoms with van der Waals surface area (Å²) in [4.78, 5) is 27.4. The molecule has 5 heteroatoms. The van der Waals surface area contributed by atoms with E-state index in [-0.39, 0.29) is 11.9 Å². The van der Waals surface area contributed by atoms with Crippen molar-refractivity contribution in [1.29, 1.82) is 0 Å². The third-order valence-electron chi connectivity index (χ3n) is 6.27. The summed E-state index contributed by atoms with van der Waals surface area (Å²) in [5.41, 5.74) is 0.806. The van der Waals surface area contributed by atoms with E-state index in [9.17, 15) is 14.7 Å². The topological polar surface area (TPSA) is 66.8 Å². The number of nitrogens with zero attached hydrogens (tertiary/aromatic N) is 1. The summed E-state index contributed by atoms with van der Waals surface area (Å²) in [6.45, 7) is 5.97. The van der Waals surface area contributed by atoms with Crippen molar-refractivity contribution in [2.24, 2.45) is 11.8 Å². The molecule has 2 bridgehead atoms. The van der Waals surface area contributed by atoms with E-state index in [2.05, 4.69) is 6.58 Å². The van der Waals surface area contributed by atoms with Crippen LogP contribution in [-0.4, -0.2) is 34.7 Å². The fourth-order valence-corrected chi connectivity index (χ4v) is 5.22. The number of carbonyl (C=O) groups is 2. The summed E-state index contributed by atoms with van der Waals surface area (Å²) < 4.78 is 6.21. The van der Waals surface area contributed by atoms with Crippen molar-refractivity contribution in [3.63, 3.8) is 0 Å². The zero-order valence-electron chi connectivity index (χ0n) is 15.5. The van der Waals surface area contributed by atoms with E-state index in [4.69, 9.17) is 4.74 Å². The smallest absolute Gasteiger partial charge is 0.310 e. The Morgan fingerprint density at radius 3 is 2.75 bits per heavy atom. The molecule has 28 heavy (non-hydrogen) atoms. The van der Waals surface area contributed by atoms with E-state index in [1.165, 1.54) is 0 Å². The zero-order chi connectivity index (χ0) is 19.6. The number of aliphatic carboxylic acids is 1. The van der Waals surface area contributed by atoms with Gasteiger partial charge in [-0.3, -0.25) is 9.59 Å². The van der Waals surface area contributed by atoms with Crippen LogP contribution in [0, 0.1) is 11.8 Å². The Kier molecular flexibility index (Phi) is 3.55. The molecular formula is C23H21NO4. The fourth-order valence-electron chi connectivity index (χ4n) is 5.22. The average molecular weight is 375 g/mol. The van der Waals surface area contributed by atoms with Crippen LogP contribution in [0.2, 0.25) is 0 Å². The molecule has 5 atom stereocenters. The molecule has 2 aromatic rings. The molecule has 3 heterocycles. The maximum atomic E-state index is 13.6. The number of hydrogen-bond donors (Lipinski definition) is 1. The number of amides is 1. The Labute approximate surface area is 162 Å². The van der Waals surface area contributed by atoms with Gasteiger partial charge in [-0.2, -0.15) is 0 Å². The second-order valence-electron chi connectivity index (χ2n) is 8.02. The Balaban J connectivity index is 1.71. The zero-order valence-corrected chi connectivity index (χ0v) is 15.5. The van der Waals surface area contributed by atoms with E-state index in [1.54, 1.807) is 11.0 Å². The summed E-state index contributed by atoms with van der Waals surface area (Å²) in [5.74, 6) is -2.74. The number of anilines is 1. The summed E-state index contributed by atoms with van der Waals surface area (Å²) in [7, 11) is 0. The first-order valence-corrected chi connectivity index (χ1v) is 9.49. The molecule has 0 radical (unpaired) electrons. The Morgan fingerprint density at radius 2 is 2.00 bits per heavy atom. The lowest BCUT2D eigenvalue weighted by Crippen LogP contribution is -2.45. The number of carboxylic acids is 1. The van der Waals surface area contributed by atoms with E-state index >= 15 is 0 Å². The molecule has 3 aliphatic rings. The monoisotopic (exact) mass is 375 g/mol. The van der Waals surface area contributed by atoms with Crippen LogP contribution in [-0.2, 0) is 14.3 Å². The SMILES string of the molecule is C=C(C)C[C@H]1N(c2cccc3ccccc23)C(=O)[C@@H]2[C@@H](C(=O)O)[C@H]3C=C[C@]21O3. The minimum atomic E-state index is -0.983. The number of carbonyl (C=O) groups excluding carboxylic acids is 1. The molecule has 2 fully saturated rings. The van der Waals surface area contributed by atoms with Gasteiger partial charge in [0.05, 0.1) is 23.8 Å². The standard InChI is InChI=1S/C23H21NO4/c1-13(2)12-18-23-11-10-17(28-23)19(22(26)27)20(23)21(25)24(18)16-9-5-7-14-6-3-4-8-15(14)16/h3-11,17-20H,1,12H2,2H3,(H,26,27)/t17-,18-,19+,20+,23-/m1/s1. The molecule has 2 aromatic carbocycles. The lowest BCUT2D eigenvalue weighted by Gasteiger charge is -2.34. The molecule has 1 amide bonds. The van der Waals surface area contributed by atoms with Crippen molar-refractivity contribution < 1.29 is 19.4 Å². The van der Waals surface area contributed by atoms with Crippen LogP contribution in [0.15, 0.2) is 66.8 Å². The van der Waals surface area contributed by atoms with Gasteiger partial charge in [0.15, 0.2) is 0 Å². The van der Waals surface area contributed by atoms with Crippen molar-refractivity contribution in [2.45, 2.75) is 31.1 Å². The predicted octanol–water partition coefficient (Wildman–Crippen LogP) is 3.55. The molecule has 142 valence electrons. The molecule has 0 aromatic heterocycles. The van der Waals surface area contributed by atoms with Gasteiger partial charge in [0, 0.05) is 5.39 Å². The maximum Gasteiger partial charge on any atom is 0.310 e. The highest BCUT2D eigenvalue weighted by molar-refractivity contribution is 6.09. The largest absolute Gasteiger partial charge is 0.481 e. The molecular weight excluding hydrogens is 354 g/mol. The minimum Gasteiger partial charge on any atom is -0.481 e. The van der Waals surface area contributed by atoms with Gasteiger partial charge in [-0.05, 0) is 24.8 Å². The molecule has 0 saturated carbocycles.